The van der Waals surface area contributed by atoms with E-state index in [0.29, 0.717) is 12.5 Å². The number of guanidine groups is 1. The summed E-state index contributed by atoms with van der Waals surface area (Å²) in [7, 11) is 3.40. The van der Waals surface area contributed by atoms with E-state index in [1.165, 1.54) is 4.90 Å². The monoisotopic (exact) mass is 370 g/mol. The fraction of sp³-hybridized carbons (Fsp3) is 0.824. The Morgan fingerprint density at radius 1 is 1.15 bits per heavy atom. The fourth-order valence-corrected chi connectivity index (χ4v) is 2.26. The highest BCUT2D eigenvalue weighted by Crippen LogP contribution is 1.98. The molecule has 1 heterocycles. The molecule has 1 rings (SSSR count). The predicted octanol–water partition coefficient (Wildman–Crippen LogP) is -1.14. The van der Waals surface area contributed by atoms with Crippen LogP contribution in [0.4, 0.5) is 0 Å². The van der Waals surface area contributed by atoms with Crippen molar-refractivity contribution < 1.29 is 14.3 Å². The summed E-state index contributed by atoms with van der Waals surface area (Å²) in [5.41, 5.74) is -0.301. The van der Waals surface area contributed by atoms with Gasteiger partial charge in [0.05, 0.1) is 19.8 Å². The lowest BCUT2D eigenvalue weighted by Crippen LogP contribution is -2.47. The van der Waals surface area contributed by atoms with E-state index in [0.717, 1.165) is 32.8 Å². The van der Waals surface area contributed by atoms with Crippen LogP contribution in [0, 0.1) is 0 Å². The van der Waals surface area contributed by atoms with Crippen molar-refractivity contribution in [3.63, 3.8) is 0 Å². The Kier molecular flexibility index (Phi) is 9.36. The highest BCUT2D eigenvalue weighted by atomic mass is 16.5. The Bertz CT molecular complexity index is 481. The Morgan fingerprint density at radius 3 is 2.38 bits per heavy atom. The first-order chi connectivity index (χ1) is 12.2. The van der Waals surface area contributed by atoms with Gasteiger partial charge in [0.15, 0.2) is 5.96 Å². The van der Waals surface area contributed by atoms with E-state index in [1.54, 1.807) is 14.1 Å². The van der Waals surface area contributed by atoms with Gasteiger partial charge in [0.1, 0.15) is 6.54 Å². The number of hydrogen-bond donors (Lipinski definition) is 3. The molecule has 0 atom stereocenters. The van der Waals surface area contributed by atoms with E-state index in [9.17, 15) is 9.59 Å². The normalized spacial score (nSPS) is 16.1. The minimum absolute atomic E-state index is 0.000310. The van der Waals surface area contributed by atoms with Gasteiger partial charge in [-0.3, -0.25) is 14.5 Å². The topological polar surface area (TPSA) is 98.3 Å². The molecule has 26 heavy (non-hydrogen) atoms. The summed E-state index contributed by atoms with van der Waals surface area (Å²) < 4.78 is 5.33. The molecule has 0 spiro atoms. The minimum Gasteiger partial charge on any atom is -0.379 e. The molecule has 0 saturated carbocycles. The summed E-state index contributed by atoms with van der Waals surface area (Å²) in [6.45, 7) is 10.7. The summed E-state index contributed by atoms with van der Waals surface area (Å²) >= 11 is 0. The average molecular weight is 370 g/mol. The first-order valence-corrected chi connectivity index (χ1v) is 9.01. The van der Waals surface area contributed by atoms with Crippen molar-refractivity contribution in [1.82, 2.24) is 25.8 Å². The van der Waals surface area contributed by atoms with Gasteiger partial charge in [-0.1, -0.05) is 0 Å². The molecule has 1 saturated heterocycles. The van der Waals surface area contributed by atoms with Crippen LogP contribution < -0.4 is 16.0 Å². The first-order valence-electron chi connectivity index (χ1n) is 9.01. The molecule has 1 fully saturated rings. The number of aliphatic imine (C=N–C) groups is 1. The third-order valence-corrected chi connectivity index (χ3v) is 3.63. The van der Waals surface area contributed by atoms with Gasteiger partial charge in [-0.25, -0.2) is 4.99 Å². The average Bonchev–Trinajstić information content (AvgIpc) is 2.55. The van der Waals surface area contributed by atoms with E-state index in [-0.39, 0.29) is 30.4 Å². The van der Waals surface area contributed by atoms with E-state index < -0.39 is 0 Å². The third kappa shape index (κ3) is 10.2. The number of rotatable bonds is 7. The molecule has 2 amide bonds. The van der Waals surface area contributed by atoms with Gasteiger partial charge in [-0.15, -0.1) is 0 Å². The number of nitrogens with one attached hydrogen (secondary N) is 3. The van der Waals surface area contributed by atoms with Crippen LogP contribution in [0.15, 0.2) is 4.99 Å². The maximum Gasteiger partial charge on any atom is 0.242 e. The van der Waals surface area contributed by atoms with Crippen molar-refractivity contribution in [3.05, 3.63) is 0 Å². The quantitative estimate of drug-likeness (QED) is 0.387. The number of likely N-dealkylation sites (N-methyl/N-ethyl adjacent to an activating group) is 1. The molecule has 0 aromatic rings. The predicted molar refractivity (Wildman–Crippen MR) is 102 cm³/mol. The number of amides is 2. The van der Waals surface area contributed by atoms with Crippen LogP contribution in [0.5, 0.6) is 0 Å². The molecule has 9 nitrogen and oxygen atoms in total. The van der Waals surface area contributed by atoms with E-state index >= 15 is 0 Å². The molecule has 0 unspecified atom stereocenters. The van der Waals surface area contributed by atoms with Gasteiger partial charge in [0, 0.05) is 45.8 Å². The van der Waals surface area contributed by atoms with Gasteiger partial charge in [-0.2, -0.15) is 0 Å². The van der Waals surface area contributed by atoms with Gasteiger partial charge >= 0.3 is 0 Å². The van der Waals surface area contributed by atoms with Crippen molar-refractivity contribution in [2.75, 3.05) is 66.6 Å². The Morgan fingerprint density at radius 2 is 1.81 bits per heavy atom. The molecule has 1 aliphatic heterocycles. The molecule has 0 bridgehead atoms. The summed E-state index contributed by atoms with van der Waals surface area (Å²) in [6.07, 6.45) is 0. The van der Waals surface area contributed by atoms with Crippen LogP contribution in [-0.4, -0.2) is 99.7 Å². The zero-order chi connectivity index (χ0) is 19.6. The second kappa shape index (κ2) is 11.0. The summed E-state index contributed by atoms with van der Waals surface area (Å²) in [5.74, 6) is 0.232. The molecule has 0 aliphatic carbocycles. The molecule has 9 heteroatoms. The van der Waals surface area contributed by atoms with Crippen molar-refractivity contribution in [1.29, 1.82) is 0 Å². The Hall–Kier alpha value is -1.87. The third-order valence-electron chi connectivity index (χ3n) is 3.63. The lowest BCUT2D eigenvalue weighted by Gasteiger charge is -2.26. The second-order valence-electron chi connectivity index (χ2n) is 7.49. The number of hydrogen-bond acceptors (Lipinski definition) is 5. The first kappa shape index (κ1) is 22.2. The standard InChI is InChI=1S/C17H34N6O3/c1-17(2,3)21-14(24)12-19-16(20-13-15(25)22(4)5)18-6-7-23-8-10-26-11-9-23/h6-13H2,1-5H3,(H,21,24)(H2,18,19,20). The highest BCUT2D eigenvalue weighted by molar-refractivity contribution is 5.88. The Balaban J connectivity index is 2.51. The molecule has 0 radical (unpaired) electrons. The van der Waals surface area contributed by atoms with E-state index in [1.807, 2.05) is 20.8 Å². The molecule has 0 aromatic carbocycles. The largest absolute Gasteiger partial charge is 0.379 e. The molecule has 1 aliphatic rings. The van der Waals surface area contributed by atoms with Gasteiger partial charge < -0.3 is 25.6 Å². The van der Waals surface area contributed by atoms with Crippen LogP contribution in [0.2, 0.25) is 0 Å². The molecule has 150 valence electrons. The van der Waals surface area contributed by atoms with E-state index in [4.69, 9.17) is 4.74 Å². The zero-order valence-electron chi connectivity index (χ0n) is 16.7. The SMILES string of the molecule is CN(C)C(=O)CNC(=NCC(=O)NC(C)(C)C)NCCN1CCOCC1. The van der Waals surface area contributed by atoms with Gasteiger partial charge in [-0.05, 0) is 20.8 Å². The fourth-order valence-electron chi connectivity index (χ4n) is 2.26. The van der Waals surface area contributed by atoms with Crippen LogP contribution in [0.1, 0.15) is 20.8 Å². The summed E-state index contributed by atoms with van der Waals surface area (Å²) in [5, 5.41) is 9.03. The van der Waals surface area contributed by atoms with Crippen molar-refractivity contribution in [2.24, 2.45) is 4.99 Å². The molecule has 3 N–H and O–H groups in total. The second-order valence-corrected chi connectivity index (χ2v) is 7.49. The summed E-state index contributed by atoms with van der Waals surface area (Å²) in [6, 6.07) is 0. The van der Waals surface area contributed by atoms with Gasteiger partial charge in [0.2, 0.25) is 11.8 Å². The number of nitrogens with zero attached hydrogens (tertiary/aromatic N) is 3. The van der Waals surface area contributed by atoms with Crippen molar-refractivity contribution >= 4 is 17.8 Å². The molecule has 0 aromatic heterocycles. The van der Waals surface area contributed by atoms with Crippen molar-refractivity contribution in [2.45, 2.75) is 26.3 Å². The minimum atomic E-state index is -0.301. The molecular weight excluding hydrogens is 336 g/mol. The number of carbonyl (C=O) groups is 2. The van der Waals surface area contributed by atoms with Crippen LogP contribution in [0.3, 0.4) is 0 Å². The van der Waals surface area contributed by atoms with Crippen LogP contribution >= 0.6 is 0 Å². The number of ether oxygens (including phenoxy) is 1. The zero-order valence-corrected chi connectivity index (χ0v) is 16.7. The smallest absolute Gasteiger partial charge is 0.242 e. The molecular formula is C17H34N6O3. The van der Waals surface area contributed by atoms with E-state index in [2.05, 4.69) is 25.8 Å². The number of morpholine rings is 1. The lowest BCUT2D eigenvalue weighted by molar-refractivity contribution is -0.127. The highest BCUT2D eigenvalue weighted by Gasteiger charge is 2.14. The lowest BCUT2D eigenvalue weighted by atomic mass is 10.1. The maximum atomic E-state index is 12.0. The van der Waals surface area contributed by atoms with Crippen LogP contribution in [-0.2, 0) is 14.3 Å². The van der Waals surface area contributed by atoms with Crippen LogP contribution in [0.25, 0.3) is 0 Å². The van der Waals surface area contributed by atoms with Gasteiger partial charge in [0.25, 0.3) is 0 Å². The summed E-state index contributed by atoms with van der Waals surface area (Å²) in [4.78, 5) is 31.8. The number of carbonyl (C=O) groups excluding carboxylic acids is 2. The maximum absolute atomic E-state index is 12.0. The Labute approximate surface area is 156 Å². The van der Waals surface area contributed by atoms with Crippen molar-refractivity contribution in [3.8, 4) is 0 Å².